The van der Waals surface area contributed by atoms with Crippen molar-refractivity contribution in [3.05, 3.63) is 65.0 Å². The van der Waals surface area contributed by atoms with E-state index >= 15 is 0 Å². The molecule has 0 radical (unpaired) electrons. The normalized spacial score (nSPS) is 16.1. The first-order chi connectivity index (χ1) is 13.9. The molecule has 1 aliphatic carbocycles. The van der Waals surface area contributed by atoms with E-state index in [0.717, 1.165) is 11.1 Å². The van der Waals surface area contributed by atoms with E-state index in [1.165, 1.54) is 13.5 Å². The molecule has 0 saturated heterocycles. The Morgan fingerprint density at radius 3 is 2.21 bits per heavy atom. The van der Waals surface area contributed by atoms with Crippen molar-refractivity contribution in [2.45, 2.75) is 59.9 Å². The van der Waals surface area contributed by atoms with E-state index in [4.69, 9.17) is 14.2 Å². The van der Waals surface area contributed by atoms with Crippen LogP contribution >= 0.6 is 0 Å². The van der Waals surface area contributed by atoms with Gasteiger partial charge in [-0.05, 0) is 30.0 Å². The fraction of sp³-hybridized carbons (Fsp3) is 0.500. The zero-order valence-corrected chi connectivity index (χ0v) is 18.3. The molecule has 0 bridgehead atoms. The van der Waals surface area contributed by atoms with Gasteiger partial charge < -0.3 is 14.2 Å². The summed E-state index contributed by atoms with van der Waals surface area (Å²) in [6, 6.07) is 7.87. The number of allylic oxidation sites excluding steroid dienone is 3. The molecule has 0 spiro atoms. The predicted octanol–water partition coefficient (Wildman–Crippen LogP) is 7.11. The second kappa shape index (κ2) is 13.3. The first-order valence-corrected chi connectivity index (χ1v) is 10.1. The summed E-state index contributed by atoms with van der Waals surface area (Å²) in [5, 5.41) is 0. The van der Waals surface area contributed by atoms with E-state index in [9.17, 15) is 8.78 Å². The Bertz CT molecular complexity index is 693. The highest BCUT2D eigenvalue weighted by Gasteiger charge is 2.26. The number of halogens is 2. The van der Waals surface area contributed by atoms with Gasteiger partial charge in [-0.15, -0.1) is 0 Å². The topological polar surface area (TPSA) is 27.7 Å². The molecule has 0 saturated carbocycles. The van der Waals surface area contributed by atoms with Crippen molar-refractivity contribution >= 4 is 6.08 Å². The summed E-state index contributed by atoms with van der Waals surface area (Å²) >= 11 is 0. The van der Waals surface area contributed by atoms with Crippen LogP contribution in [0.3, 0.4) is 0 Å². The van der Waals surface area contributed by atoms with Crippen molar-refractivity contribution in [1.82, 2.24) is 0 Å². The van der Waals surface area contributed by atoms with Crippen LogP contribution in [0.4, 0.5) is 8.78 Å². The Hall–Kier alpha value is -1.98. The van der Waals surface area contributed by atoms with Crippen LogP contribution in [0.25, 0.3) is 6.08 Å². The Balaban J connectivity index is 0.00000132. The van der Waals surface area contributed by atoms with Gasteiger partial charge in [0.05, 0.1) is 20.3 Å². The van der Waals surface area contributed by atoms with Crippen molar-refractivity contribution in [3.63, 3.8) is 0 Å². The number of hydrogen-bond acceptors (Lipinski definition) is 3. The lowest BCUT2D eigenvalue weighted by molar-refractivity contribution is -0.142. The van der Waals surface area contributed by atoms with Gasteiger partial charge in [-0.3, -0.25) is 0 Å². The van der Waals surface area contributed by atoms with Gasteiger partial charge in [0, 0.05) is 12.3 Å². The van der Waals surface area contributed by atoms with Crippen molar-refractivity contribution in [2.75, 3.05) is 13.7 Å². The molecule has 1 aromatic rings. The molecule has 0 fully saturated rings. The van der Waals surface area contributed by atoms with E-state index in [-0.39, 0.29) is 18.3 Å². The van der Waals surface area contributed by atoms with Crippen molar-refractivity contribution < 1.29 is 23.0 Å². The monoisotopic (exact) mass is 408 g/mol. The van der Waals surface area contributed by atoms with Crippen LogP contribution in [0.1, 0.15) is 58.1 Å². The van der Waals surface area contributed by atoms with E-state index < -0.39 is 17.9 Å². The Labute approximate surface area is 174 Å². The third-order valence-corrected chi connectivity index (χ3v) is 4.46. The molecular formula is C24H34F2O3. The zero-order valence-electron chi connectivity index (χ0n) is 18.3. The third-order valence-electron chi connectivity index (χ3n) is 4.46. The highest BCUT2D eigenvalue weighted by Crippen LogP contribution is 2.36. The van der Waals surface area contributed by atoms with Gasteiger partial charge in [-0.25, -0.2) is 8.78 Å². The van der Waals surface area contributed by atoms with E-state index in [0.29, 0.717) is 25.0 Å². The van der Waals surface area contributed by atoms with Crippen LogP contribution in [-0.2, 0) is 20.8 Å². The average Bonchev–Trinajstić information content (AvgIpc) is 2.73. The SMILES string of the molecule is C=Cc1ccc(COC(C)OCC(C)C2=C(F)C(F)=C(OC)CC2)cc1.CCC. The first kappa shape index (κ1) is 25.1. The molecule has 3 nitrogen and oxygen atoms in total. The van der Waals surface area contributed by atoms with Gasteiger partial charge in [0.15, 0.2) is 17.9 Å². The van der Waals surface area contributed by atoms with E-state index in [2.05, 4.69) is 20.4 Å². The molecule has 29 heavy (non-hydrogen) atoms. The molecule has 1 aliphatic rings. The fourth-order valence-corrected chi connectivity index (χ4v) is 2.78. The van der Waals surface area contributed by atoms with Gasteiger partial charge in [0.25, 0.3) is 0 Å². The highest BCUT2D eigenvalue weighted by molar-refractivity contribution is 5.47. The number of hydrogen-bond donors (Lipinski definition) is 0. The molecule has 162 valence electrons. The summed E-state index contributed by atoms with van der Waals surface area (Å²) in [6.45, 7) is 12.3. The number of methoxy groups -OCH3 is 1. The van der Waals surface area contributed by atoms with Crippen LogP contribution < -0.4 is 0 Å². The van der Waals surface area contributed by atoms with Crippen LogP contribution in [0.2, 0.25) is 0 Å². The van der Waals surface area contributed by atoms with Gasteiger partial charge in [0.2, 0.25) is 0 Å². The van der Waals surface area contributed by atoms with E-state index in [1.54, 1.807) is 13.0 Å². The predicted molar refractivity (Wildman–Crippen MR) is 114 cm³/mol. The summed E-state index contributed by atoms with van der Waals surface area (Å²) in [4.78, 5) is 0. The number of rotatable bonds is 9. The molecule has 2 rings (SSSR count). The van der Waals surface area contributed by atoms with Gasteiger partial charge >= 0.3 is 0 Å². The Morgan fingerprint density at radius 1 is 1.03 bits per heavy atom. The second-order valence-electron chi connectivity index (χ2n) is 7.05. The smallest absolute Gasteiger partial charge is 0.196 e. The minimum Gasteiger partial charge on any atom is -0.498 e. The van der Waals surface area contributed by atoms with Crippen LogP contribution in [0.15, 0.2) is 53.8 Å². The van der Waals surface area contributed by atoms with E-state index in [1.807, 2.05) is 31.2 Å². The summed E-state index contributed by atoms with van der Waals surface area (Å²) in [6.07, 6.45) is 3.38. The largest absolute Gasteiger partial charge is 0.498 e. The molecule has 2 atom stereocenters. The zero-order chi connectivity index (χ0) is 21.8. The number of benzene rings is 1. The van der Waals surface area contributed by atoms with Crippen molar-refractivity contribution in [3.8, 4) is 0 Å². The third kappa shape index (κ3) is 8.11. The van der Waals surface area contributed by atoms with Crippen molar-refractivity contribution in [2.24, 2.45) is 5.92 Å². The molecule has 2 unspecified atom stereocenters. The van der Waals surface area contributed by atoms with Gasteiger partial charge in [0.1, 0.15) is 5.76 Å². The average molecular weight is 409 g/mol. The number of ether oxygens (including phenoxy) is 3. The maximum Gasteiger partial charge on any atom is 0.196 e. The lowest BCUT2D eigenvalue weighted by Gasteiger charge is -2.23. The molecular weight excluding hydrogens is 374 g/mol. The fourth-order valence-electron chi connectivity index (χ4n) is 2.78. The molecule has 0 N–H and O–H groups in total. The first-order valence-electron chi connectivity index (χ1n) is 10.1. The van der Waals surface area contributed by atoms with Crippen LogP contribution in [0.5, 0.6) is 0 Å². The summed E-state index contributed by atoms with van der Waals surface area (Å²) in [5.74, 6) is -1.89. The summed E-state index contributed by atoms with van der Waals surface area (Å²) < 4.78 is 44.2. The maximum atomic E-state index is 14.2. The minimum absolute atomic E-state index is 0.0681. The lowest BCUT2D eigenvalue weighted by atomic mass is 9.92. The lowest BCUT2D eigenvalue weighted by Crippen LogP contribution is -2.20. The quantitative estimate of drug-likeness (QED) is 0.408. The summed E-state index contributed by atoms with van der Waals surface area (Å²) in [7, 11) is 1.35. The molecule has 1 aromatic carbocycles. The van der Waals surface area contributed by atoms with Crippen LogP contribution in [-0.4, -0.2) is 20.0 Å². The Kier molecular flexibility index (Phi) is 11.5. The second-order valence-corrected chi connectivity index (χ2v) is 7.05. The minimum atomic E-state index is -0.895. The standard InChI is InChI=1S/C21H26F2O3.C3H8/c1-5-16-6-8-17(9-7-16)13-26-15(3)25-12-14(2)18-10-11-19(24-4)21(23)20(18)22;1-3-2/h5-9,14-15H,1,10-13H2,2-4H3;3H2,1-2H3. The highest BCUT2D eigenvalue weighted by atomic mass is 19.2. The molecule has 5 heteroatoms. The van der Waals surface area contributed by atoms with Gasteiger partial charge in [-0.2, -0.15) is 0 Å². The molecule has 0 aliphatic heterocycles. The van der Waals surface area contributed by atoms with Gasteiger partial charge in [-0.1, -0.05) is 64.1 Å². The molecule has 0 aromatic heterocycles. The maximum absolute atomic E-state index is 14.2. The molecule has 0 amide bonds. The molecule has 0 heterocycles. The Morgan fingerprint density at radius 2 is 1.66 bits per heavy atom. The van der Waals surface area contributed by atoms with Crippen molar-refractivity contribution in [1.29, 1.82) is 0 Å². The van der Waals surface area contributed by atoms with Crippen LogP contribution in [0, 0.1) is 5.92 Å². The summed E-state index contributed by atoms with van der Waals surface area (Å²) in [5.41, 5.74) is 2.50.